The van der Waals surface area contributed by atoms with Crippen LogP contribution in [0.5, 0.6) is 0 Å². The molecule has 3 heterocycles. The fourth-order valence-corrected chi connectivity index (χ4v) is 5.37. The Morgan fingerprint density at radius 2 is 1.83 bits per heavy atom. The van der Waals surface area contributed by atoms with Gasteiger partial charge in [0.2, 0.25) is 5.95 Å². The third-order valence-electron chi connectivity index (χ3n) is 5.19. The number of benzene rings is 2. The molecule has 0 aliphatic heterocycles. The third kappa shape index (κ3) is 4.69. The Hall–Kier alpha value is -4.49. The molecule has 5 aromatic rings. The Morgan fingerprint density at radius 3 is 2.58 bits per heavy atom. The number of nitrogens with one attached hydrogen (secondary N) is 2. The summed E-state index contributed by atoms with van der Waals surface area (Å²) in [4.78, 5) is 28.2. The minimum Gasteiger partial charge on any atom is -0.340 e. The van der Waals surface area contributed by atoms with Gasteiger partial charge in [0.05, 0.1) is 15.2 Å². The van der Waals surface area contributed by atoms with Crippen LogP contribution in [0.2, 0.25) is 0 Å². The van der Waals surface area contributed by atoms with Crippen LogP contribution in [-0.2, 0) is 10.0 Å². The van der Waals surface area contributed by atoms with E-state index in [0.29, 0.717) is 33.0 Å². The van der Waals surface area contributed by atoms with Crippen LogP contribution in [0, 0.1) is 17.0 Å². The zero-order valence-corrected chi connectivity index (χ0v) is 20.2. The summed E-state index contributed by atoms with van der Waals surface area (Å²) >= 11 is 1.40. The lowest BCUT2D eigenvalue weighted by atomic mass is 10.1. The molecule has 0 amide bonds. The van der Waals surface area contributed by atoms with Gasteiger partial charge in [0.15, 0.2) is 0 Å². The highest BCUT2D eigenvalue weighted by Crippen LogP contribution is 2.38. The van der Waals surface area contributed by atoms with Crippen LogP contribution in [0.4, 0.5) is 23.1 Å². The van der Waals surface area contributed by atoms with Gasteiger partial charge in [-0.05, 0) is 42.8 Å². The summed E-state index contributed by atoms with van der Waals surface area (Å²) in [7, 11) is -3.88. The maximum atomic E-state index is 12.7. The molecule has 11 nitrogen and oxygen atoms in total. The number of nitro benzene ring substituents is 1. The average Bonchev–Trinajstić information content (AvgIpc) is 3.30. The number of sulfonamides is 1. The Labute approximate surface area is 209 Å². The summed E-state index contributed by atoms with van der Waals surface area (Å²) in [5.74, 6) is 0.483. The molecule has 3 aromatic heterocycles. The van der Waals surface area contributed by atoms with Gasteiger partial charge in [-0.2, -0.15) is 0 Å². The van der Waals surface area contributed by atoms with Crippen molar-refractivity contribution in [1.29, 1.82) is 0 Å². The standard InChI is InChI=1S/C23H17N7O4S2/c1-14-9-10-24-23(27-14)29-36(33,34)18-7-5-16(6-8-18)28-21-20-19(12-35-22(20)26-13-25-21)15-3-2-4-17(11-15)30(31)32/h2-13H,1H3,(H,24,27,29)(H,25,26,28). The number of aromatic nitrogens is 4. The van der Waals surface area contributed by atoms with Crippen molar-refractivity contribution in [1.82, 2.24) is 19.9 Å². The van der Waals surface area contributed by atoms with E-state index in [4.69, 9.17) is 0 Å². The number of hydrogen-bond donors (Lipinski definition) is 2. The van der Waals surface area contributed by atoms with Crippen LogP contribution in [0.15, 0.2) is 77.4 Å². The van der Waals surface area contributed by atoms with E-state index in [9.17, 15) is 18.5 Å². The number of anilines is 3. The minimum absolute atomic E-state index is 0.00767. The van der Waals surface area contributed by atoms with Gasteiger partial charge >= 0.3 is 0 Å². The fraction of sp³-hybridized carbons (Fsp3) is 0.0435. The van der Waals surface area contributed by atoms with E-state index in [-0.39, 0.29) is 16.5 Å². The van der Waals surface area contributed by atoms with Crippen LogP contribution in [-0.4, -0.2) is 33.3 Å². The number of fused-ring (bicyclic) bond motifs is 1. The monoisotopic (exact) mass is 519 g/mol. The van der Waals surface area contributed by atoms with Crippen LogP contribution in [0.25, 0.3) is 21.3 Å². The van der Waals surface area contributed by atoms with Gasteiger partial charge in [0.25, 0.3) is 15.7 Å². The van der Waals surface area contributed by atoms with Gasteiger partial charge in [-0.1, -0.05) is 12.1 Å². The van der Waals surface area contributed by atoms with E-state index in [1.165, 1.54) is 48.1 Å². The highest BCUT2D eigenvalue weighted by atomic mass is 32.2. The molecule has 0 saturated heterocycles. The van der Waals surface area contributed by atoms with Gasteiger partial charge in [-0.25, -0.2) is 33.1 Å². The van der Waals surface area contributed by atoms with Gasteiger partial charge in [0.1, 0.15) is 17.0 Å². The van der Waals surface area contributed by atoms with Crippen molar-refractivity contribution < 1.29 is 13.3 Å². The van der Waals surface area contributed by atoms with Gasteiger partial charge in [-0.15, -0.1) is 11.3 Å². The molecule has 0 radical (unpaired) electrons. The molecule has 180 valence electrons. The van der Waals surface area contributed by atoms with Crippen molar-refractivity contribution in [3.05, 3.63) is 88.3 Å². The van der Waals surface area contributed by atoms with Crippen LogP contribution >= 0.6 is 11.3 Å². The number of nitrogens with zero attached hydrogens (tertiary/aromatic N) is 5. The normalized spacial score (nSPS) is 11.4. The molecule has 0 aliphatic rings. The fourth-order valence-electron chi connectivity index (χ4n) is 3.50. The molecule has 0 unspecified atom stereocenters. The number of nitro groups is 1. The minimum atomic E-state index is -3.88. The first-order valence-corrected chi connectivity index (χ1v) is 12.8. The lowest BCUT2D eigenvalue weighted by Gasteiger charge is -2.10. The number of non-ortho nitro benzene ring substituents is 1. The van der Waals surface area contributed by atoms with Crippen molar-refractivity contribution in [2.75, 3.05) is 10.0 Å². The number of hydrogen-bond acceptors (Lipinski definition) is 10. The van der Waals surface area contributed by atoms with Crippen molar-refractivity contribution in [2.45, 2.75) is 11.8 Å². The Morgan fingerprint density at radius 1 is 1.03 bits per heavy atom. The zero-order chi connectivity index (χ0) is 25.3. The largest absolute Gasteiger partial charge is 0.340 e. The smallest absolute Gasteiger partial charge is 0.270 e. The van der Waals surface area contributed by atoms with Crippen molar-refractivity contribution >= 4 is 54.7 Å². The van der Waals surface area contributed by atoms with E-state index >= 15 is 0 Å². The quantitative estimate of drug-likeness (QED) is 0.225. The van der Waals surface area contributed by atoms with E-state index in [1.54, 1.807) is 37.3 Å². The van der Waals surface area contributed by atoms with E-state index in [0.717, 1.165) is 5.56 Å². The number of thiophene rings is 1. The molecular formula is C23H17N7O4S2. The summed E-state index contributed by atoms with van der Waals surface area (Å²) in [5.41, 5.74) is 2.63. The molecule has 0 atom stereocenters. The summed E-state index contributed by atoms with van der Waals surface area (Å²) in [6.07, 6.45) is 2.89. The molecule has 0 fully saturated rings. The molecule has 0 aliphatic carbocycles. The van der Waals surface area contributed by atoms with Gasteiger partial charge < -0.3 is 5.32 Å². The predicted octanol–water partition coefficient (Wildman–Crippen LogP) is 4.91. The van der Waals surface area contributed by atoms with Gasteiger partial charge in [-0.3, -0.25) is 10.1 Å². The second kappa shape index (κ2) is 9.28. The molecule has 5 rings (SSSR count). The summed E-state index contributed by atoms with van der Waals surface area (Å²) in [6.45, 7) is 1.74. The number of aryl methyl sites for hydroxylation is 1. The van der Waals surface area contributed by atoms with Gasteiger partial charge in [0, 0.05) is 40.7 Å². The van der Waals surface area contributed by atoms with E-state index in [1.807, 2.05) is 5.38 Å². The number of rotatable bonds is 7. The van der Waals surface area contributed by atoms with Crippen LogP contribution in [0.3, 0.4) is 0 Å². The first kappa shape index (κ1) is 23.3. The molecule has 0 bridgehead atoms. The highest BCUT2D eigenvalue weighted by molar-refractivity contribution is 7.92. The molecule has 2 N–H and O–H groups in total. The average molecular weight is 520 g/mol. The first-order valence-electron chi connectivity index (χ1n) is 10.5. The van der Waals surface area contributed by atoms with Crippen LogP contribution in [0.1, 0.15) is 5.69 Å². The molecule has 0 saturated carbocycles. The molecule has 13 heteroatoms. The Kier molecular flexibility index (Phi) is 6.00. The van der Waals surface area contributed by atoms with Crippen molar-refractivity contribution in [2.24, 2.45) is 0 Å². The van der Waals surface area contributed by atoms with E-state index < -0.39 is 14.9 Å². The predicted molar refractivity (Wildman–Crippen MR) is 137 cm³/mol. The SMILES string of the molecule is Cc1ccnc(NS(=O)(=O)c2ccc(Nc3ncnc4scc(-c5cccc([N+](=O)[O-])c5)c34)cc2)n1. The maximum Gasteiger partial charge on any atom is 0.270 e. The lowest BCUT2D eigenvalue weighted by Crippen LogP contribution is -2.15. The highest BCUT2D eigenvalue weighted by Gasteiger charge is 2.18. The Bertz CT molecular complexity index is 1700. The molecular weight excluding hydrogens is 502 g/mol. The molecule has 2 aromatic carbocycles. The molecule has 0 spiro atoms. The third-order valence-corrected chi connectivity index (χ3v) is 7.42. The second-order valence-electron chi connectivity index (χ2n) is 7.64. The van der Waals surface area contributed by atoms with E-state index in [2.05, 4.69) is 30.0 Å². The second-order valence-corrected chi connectivity index (χ2v) is 10.2. The lowest BCUT2D eigenvalue weighted by molar-refractivity contribution is -0.384. The summed E-state index contributed by atoms with van der Waals surface area (Å²) in [6, 6.07) is 14.1. The van der Waals surface area contributed by atoms with Crippen LogP contribution < -0.4 is 10.0 Å². The van der Waals surface area contributed by atoms with Crippen molar-refractivity contribution in [3.8, 4) is 11.1 Å². The molecule has 36 heavy (non-hydrogen) atoms. The summed E-state index contributed by atoms with van der Waals surface area (Å²) < 4.78 is 27.8. The maximum absolute atomic E-state index is 12.7. The topological polar surface area (TPSA) is 153 Å². The Balaban J connectivity index is 1.44. The zero-order valence-electron chi connectivity index (χ0n) is 18.6. The van der Waals surface area contributed by atoms with Crippen molar-refractivity contribution in [3.63, 3.8) is 0 Å². The first-order chi connectivity index (χ1) is 17.3. The summed E-state index contributed by atoms with van der Waals surface area (Å²) in [5, 5.41) is 17.0.